The van der Waals surface area contributed by atoms with E-state index in [0.29, 0.717) is 18.2 Å². The highest BCUT2D eigenvalue weighted by atomic mass is 19.2. The molecule has 0 saturated heterocycles. The predicted octanol–water partition coefficient (Wildman–Crippen LogP) is 1.63. The maximum atomic E-state index is 12.9. The topological polar surface area (TPSA) is 68.0 Å². The molecule has 2 aromatic rings. The first-order chi connectivity index (χ1) is 9.06. The quantitative estimate of drug-likeness (QED) is 0.914. The van der Waals surface area contributed by atoms with E-state index >= 15 is 0 Å². The number of carbonyl (C=O) groups is 1. The molecule has 5 nitrogen and oxygen atoms in total. The summed E-state index contributed by atoms with van der Waals surface area (Å²) in [5.41, 5.74) is 0.0561. The number of halogens is 2. The molecule has 1 N–H and O–H groups in total. The van der Waals surface area contributed by atoms with E-state index < -0.39 is 17.5 Å². The molecule has 0 bridgehead atoms. The van der Waals surface area contributed by atoms with Gasteiger partial charge in [0.05, 0.1) is 0 Å². The number of nitrogens with zero attached hydrogens (tertiary/aromatic N) is 2. The van der Waals surface area contributed by atoms with E-state index in [4.69, 9.17) is 4.42 Å². The van der Waals surface area contributed by atoms with Gasteiger partial charge in [0, 0.05) is 25.5 Å². The lowest BCUT2D eigenvalue weighted by Crippen LogP contribution is -2.25. The minimum Gasteiger partial charge on any atom is -0.426 e. The molecule has 0 spiro atoms. The monoisotopic (exact) mass is 267 g/mol. The van der Waals surface area contributed by atoms with Crippen LogP contribution in [0.25, 0.3) is 0 Å². The Hall–Kier alpha value is -2.31. The van der Waals surface area contributed by atoms with Gasteiger partial charge in [0.25, 0.3) is 5.91 Å². The highest BCUT2D eigenvalue weighted by Crippen LogP contribution is 2.08. The van der Waals surface area contributed by atoms with Crippen LogP contribution in [0.4, 0.5) is 8.78 Å². The van der Waals surface area contributed by atoms with E-state index in [0.717, 1.165) is 12.1 Å². The molecular formula is C12H11F2N3O2. The Balaban J connectivity index is 1.89. The molecule has 0 fully saturated rings. The van der Waals surface area contributed by atoms with Crippen molar-refractivity contribution in [2.45, 2.75) is 13.3 Å². The summed E-state index contributed by atoms with van der Waals surface area (Å²) in [5, 5.41) is 9.95. The molecule has 0 aliphatic heterocycles. The fourth-order valence-electron chi connectivity index (χ4n) is 1.46. The molecule has 0 aliphatic rings. The van der Waals surface area contributed by atoms with Crippen LogP contribution >= 0.6 is 0 Å². The molecule has 0 saturated carbocycles. The number of hydrogen-bond acceptors (Lipinski definition) is 4. The Morgan fingerprint density at radius 2 is 2.11 bits per heavy atom. The van der Waals surface area contributed by atoms with Crippen LogP contribution < -0.4 is 5.32 Å². The molecule has 19 heavy (non-hydrogen) atoms. The van der Waals surface area contributed by atoms with Gasteiger partial charge in [-0.25, -0.2) is 8.78 Å². The zero-order chi connectivity index (χ0) is 13.8. The Labute approximate surface area is 107 Å². The lowest BCUT2D eigenvalue weighted by Gasteiger charge is -2.03. The van der Waals surface area contributed by atoms with Crippen LogP contribution in [0.15, 0.2) is 22.6 Å². The van der Waals surface area contributed by atoms with E-state index in [1.165, 1.54) is 6.07 Å². The fraction of sp³-hybridized carbons (Fsp3) is 0.250. The second-order valence-corrected chi connectivity index (χ2v) is 3.85. The number of rotatable bonds is 4. The van der Waals surface area contributed by atoms with Gasteiger partial charge in [0.1, 0.15) is 0 Å². The van der Waals surface area contributed by atoms with Crippen LogP contribution in [-0.4, -0.2) is 22.6 Å². The summed E-state index contributed by atoms with van der Waals surface area (Å²) in [6.07, 6.45) is 0.371. The lowest BCUT2D eigenvalue weighted by molar-refractivity contribution is 0.0953. The Morgan fingerprint density at radius 3 is 2.74 bits per heavy atom. The van der Waals surface area contributed by atoms with Crippen LogP contribution in [0.1, 0.15) is 22.1 Å². The Morgan fingerprint density at radius 1 is 1.32 bits per heavy atom. The van der Waals surface area contributed by atoms with Gasteiger partial charge >= 0.3 is 0 Å². The number of aryl methyl sites for hydroxylation is 1. The SMILES string of the molecule is Cc1nnc(CCNC(=O)c2ccc(F)c(F)c2)o1. The molecule has 1 heterocycles. The summed E-state index contributed by atoms with van der Waals surface area (Å²) in [6.45, 7) is 1.93. The first kappa shape index (κ1) is 13.1. The fourth-order valence-corrected chi connectivity index (χ4v) is 1.46. The molecule has 100 valence electrons. The number of benzene rings is 1. The number of carbonyl (C=O) groups excluding carboxylic acids is 1. The number of aromatic nitrogens is 2. The first-order valence-electron chi connectivity index (χ1n) is 5.58. The maximum Gasteiger partial charge on any atom is 0.251 e. The molecular weight excluding hydrogens is 256 g/mol. The van der Waals surface area contributed by atoms with Gasteiger partial charge in [-0.15, -0.1) is 10.2 Å². The third-order valence-corrected chi connectivity index (χ3v) is 2.37. The van der Waals surface area contributed by atoms with Gasteiger partial charge in [0.15, 0.2) is 11.6 Å². The molecule has 0 radical (unpaired) electrons. The van der Waals surface area contributed by atoms with Crippen molar-refractivity contribution in [3.8, 4) is 0 Å². The van der Waals surface area contributed by atoms with Crippen molar-refractivity contribution < 1.29 is 18.0 Å². The molecule has 1 aromatic heterocycles. The van der Waals surface area contributed by atoms with Crippen molar-refractivity contribution in [3.63, 3.8) is 0 Å². The second kappa shape index (κ2) is 5.55. The zero-order valence-electron chi connectivity index (χ0n) is 10.1. The summed E-state index contributed by atoms with van der Waals surface area (Å²) in [5.74, 6) is -1.68. The summed E-state index contributed by atoms with van der Waals surface area (Å²) in [6, 6.07) is 2.97. The molecule has 0 aliphatic carbocycles. The van der Waals surface area contributed by atoms with Crippen molar-refractivity contribution in [3.05, 3.63) is 47.2 Å². The van der Waals surface area contributed by atoms with Gasteiger partial charge in [-0.3, -0.25) is 4.79 Å². The summed E-state index contributed by atoms with van der Waals surface area (Å²) in [4.78, 5) is 11.6. The van der Waals surface area contributed by atoms with Crippen LogP contribution in [0.3, 0.4) is 0 Å². The highest BCUT2D eigenvalue weighted by molar-refractivity contribution is 5.94. The van der Waals surface area contributed by atoms with Gasteiger partial charge in [0.2, 0.25) is 11.8 Å². The molecule has 1 amide bonds. The van der Waals surface area contributed by atoms with Crippen LogP contribution in [0.2, 0.25) is 0 Å². The van der Waals surface area contributed by atoms with Crippen LogP contribution in [0.5, 0.6) is 0 Å². The number of hydrogen-bond donors (Lipinski definition) is 1. The summed E-state index contributed by atoms with van der Waals surface area (Å²) < 4.78 is 30.8. The third kappa shape index (κ3) is 3.34. The summed E-state index contributed by atoms with van der Waals surface area (Å²) >= 11 is 0. The smallest absolute Gasteiger partial charge is 0.251 e. The number of nitrogens with one attached hydrogen (secondary N) is 1. The molecule has 0 atom stereocenters. The van der Waals surface area contributed by atoms with E-state index in [1.807, 2.05) is 0 Å². The van der Waals surface area contributed by atoms with E-state index in [9.17, 15) is 13.6 Å². The van der Waals surface area contributed by atoms with E-state index in [-0.39, 0.29) is 12.1 Å². The van der Waals surface area contributed by atoms with E-state index in [1.54, 1.807) is 6.92 Å². The van der Waals surface area contributed by atoms with Crippen LogP contribution in [-0.2, 0) is 6.42 Å². The van der Waals surface area contributed by atoms with Crippen molar-refractivity contribution in [1.82, 2.24) is 15.5 Å². The maximum absolute atomic E-state index is 12.9. The van der Waals surface area contributed by atoms with Crippen LogP contribution in [0, 0.1) is 18.6 Å². The minimum absolute atomic E-state index is 0.0561. The van der Waals surface area contributed by atoms with E-state index in [2.05, 4.69) is 15.5 Å². The van der Waals surface area contributed by atoms with Crippen molar-refractivity contribution in [2.24, 2.45) is 0 Å². The molecule has 2 rings (SSSR count). The Kier molecular flexibility index (Phi) is 3.84. The summed E-state index contributed by atoms with van der Waals surface area (Å²) in [7, 11) is 0. The van der Waals surface area contributed by atoms with Crippen molar-refractivity contribution in [1.29, 1.82) is 0 Å². The van der Waals surface area contributed by atoms with Crippen molar-refractivity contribution in [2.75, 3.05) is 6.54 Å². The lowest BCUT2D eigenvalue weighted by atomic mass is 10.2. The second-order valence-electron chi connectivity index (χ2n) is 3.85. The van der Waals surface area contributed by atoms with Gasteiger partial charge in [-0.1, -0.05) is 0 Å². The molecule has 7 heteroatoms. The van der Waals surface area contributed by atoms with Gasteiger partial charge in [-0.2, -0.15) is 0 Å². The molecule has 0 unspecified atom stereocenters. The zero-order valence-corrected chi connectivity index (χ0v) is 10.1. The average molecular weight is 267 g/mol. The third-order valence-electron chi connectivity index (χ3n) is 2.37. The minimum atomic E-state index is -1.06. The largest absolute Gasteiger partial charge is 0.426 e. The number of amides is 1. The van der Waals surface area contributed by atoms with Gasteiger partial charge < -0.3 is 9.73 Å². The standard InChI is InChI=1S/C12H11F2N3O2/c1-7-16-17-11(19-7)4-5-15-12(18)8-2-3-9(13)10(14)6-8/h2-3,6H,4-5H2,1H3,(H,15,18). The highest BCUT2D eigenvalue weighted by Gasteiger charge is 2.10. The molecule has 1 aromatic carbocycles. The van der Waals surface area contributed by atoms with Crippen molar-refractivity contribution >= 4 is 5.91 Å². The average Bonchev–Trinajstić information content (AvgIpc) is 2.78. The first-order valence-corrected chi connectivity index (χ1v) is 5.58. The van der Waals surface area contributed by atoms with Gasteiger partial charge in [-0.05, 0) is 18.2 Å². The normalized spacial score (nSPS) is 10.5. The Bertz CT molecular complexity index is 598. The predicted molar refractivity (Wildman–Crippen MR) is 61.4 cm³/mol.